The van der Waals surface area contributed by atoms with Gasteiger partial charge in [-0.05, 0) is 57.6 Å². The molecule has 2 amide bonds. The standard InChI is InChI=1S/C27H32BrN5O7/c1-26(2,3)14-6-18(22(37)20(28)7-14)27(9-19(27)24(39)40)33-21(36)12-29-23(38)13-4-15(8-16(34)5-13)32-25-30-10-17(35)11-31-25/h4-8,17,19,34-35,37H,9-12H2,1-3H3,(H,29,38)(H,33,36)(H,39,40)(H2,30,31,32)/t19-,27-/m0/s1. The maximum Gasteiger partial charge on any atom is 0.309 e. The number of guanidine groups is 1. The van der Waals surface area contributed by atoms with E-state index in [1.807, 2.05) is 20.8 Å². The van der Waals surface area contributed by atoms with E-state index in [4.69, 9.17) is 0 Å². The summed E-state index contributed by atoms with van der Waals surface area (Å²) in [7, 11) is 0. The van der Waals surface area contributed by atoms with Gasteiger partial charge < -0.3 is 41.7 Å². The van der Waals surface area contributed by atoms with E-state index in [0.717, 1.165) is 5.56 Å². The highest BCUT2D eigenvalue weighted by atomic mass is 79.9. The summed E-state index contributed by atoms with van der Waals surface area (Å²) in [5.74, 6) is -3.36. The van der Waals surface area contributed by atoms with Crippen LogP contribution in [-0.4, -0.2) is 69.9 Å². The highest BCUT2D eigenvalue weighted by Gasteiger charge is 2.62. The van der Waals surface area contributed by atoms with Gasteiger partial charge in [-0.2, -0.15) is 0 Å². The molecule has 1 heterocycles. The molecule has 214 valence electrons. The van der Waals surface area contributed by atoms with Gasteiger partial charge in [0.2, 0.25) is 5.91 Å². The Morgan fingerprint density at radius 3 is 2.48 bits per heavy atom. The van der Waals surface area contributed by atoms with Gasteiger partial charge in [-0.15, -0.1) is 0 Å². The molecule has 8 N–H and O–H groups in total. The minimum atomic E-state index is -1.34. The van der Waals surface area contributed by atoms with Crippen LogP contribution in [-0.2, 0) is 20.5 Å². The molecule has 1 unspecified atom stereocenters. The number of phenolic OH excluding ortho intramolecular Hbond substituents is 2. The third-order valence-electron chi connectivity index (χ3n) is 6.85. The summed E-state index contributed by atoms with van der Waals surface area (Å²) < 4.78 is 0.381. The van der Waals surface area contributed by atoms with E-state index >= 15 is 0 Å². The molecule has 2 aliphatic rings. The Balaban J connectivity index is 1.48. The van der Waals surface area contributed by atoms with Gasteiger partial charge in [-0.25, -0.2) is 0 Å². The first-order valence-corrected chi connectivity index (χ1v) is 13.4. The molecule has 1 fully saturated rings. The Hall–Kier alpha value is -3.84. The predicted octanol–water partition coefficient (Wildman–Crippen LogP) is 1.74. The fourth-order valence-electron chi connectivity index (χ4n) is 4.56. The predicted molar refractivity (Wildman–Crippen MR) is 150 cm³/mol. The number of amides is 2. The van der Waals surface area contributed by atoms with Gasteiger partial charge >= 0.3 is 5.97 Å². The molecule has 1 aliphatic heterocycles. The molecule has 0 saturated heterocycles. The summed E-state index contributed by atoms with van der Waals surface area (Å²) in [5, 5.41) is 51.2. The fourth-order valence-corrected chi connectivity index (χ4v) is 5.02. The summed E-state index contributed by atoms with van der Waals surface area (Å²) >= 11 is 3.34. The van der Waals surface area contributed by atoms with E-state index < -0.39 is 41.9 Å². The van der Waals surface area contributed by atoms with Gasteiger partial charge in [-0.1, -0.05) is 20.8 Å². The van der Waals surface area contributed by atoms with Crippen molar-refractivity contribution < 1.29 is 34.8 Å². The van der Waals surface area contributed by atoms with Gasteiger partial charge in [0.1, 0.15) is 11.5 Å². The number of nitrogens with zero attached hydrogens (tertiary/aromatic N) is 1. The molecule has 2 aromatic carbocycles. The number of rotatable bonds is 7. The number of aliphatic imine (C=N–C) groups is 1. The number of anilines is 1. The maximum absolute atomic E-state index is 13.0. The number of aliphatic carboxylic acids is 1. The molecule has 2 aromatic rings. The van der Waals surface area contributed by atoms with Crippen molar-refractivity contribution >= 4 is 45.4 Å². The lowest BCUT2D eigenvalue weighted by atomic mass is 9.84. The second-order valence-electron chi connectivity index (χ2n) is 11.0. The molecule has 13 heteroatoms. The lowest BCUT2D eigenvalue weighted by Gasteiger charge is -2.26. The van der Waals surface area contributed by atoms with Crippen LogP contribution in [0.25, 0.3) is 0 Å². The second-order valence-corrected chi connectivity index (χ2v) is 11.9. The maximum atomic E-state index is 13.0. The average molecular weight is 618 g/mol. The molecule has 1 saturated carbocycles. The van der Waals surface area contributed by atoms with Gasteiger partial charge in [0.15, 0.2) is 5.96 Å². The third kappa shape index (κ3) is 6.31. The minimum absolute atomic E-state index is 0.0655. The number of β-amino-alcohol motifs (C(OH)–C–C–N with tert-alkyl or cyclic N) is 1. The number of aliphatic hydroxyl groups is 1. The van der Waals surface area contributed by atoms with E-state index in [-0.39, 0.29) is 41.0 Å². The normalized spacial score (nSPS) is 22.0. The highest BCUT2D eigenvalue weighted by Crippen LogP contribution is 2.56. The van der Waals surface area contributed by atoms with Gasteiger partial charge in [0.05, 0.1) is 35.1 Å². The number of carboxylic acids is 1. The number of phenols is 2. The highest BCUT2D eigenvalue weighted by molar-refractivity contribution is 9.10. The second kappa shape index (κ2) is 11.0. The summed E-state index contributed by atoms with van der Waals surface area (Å²) in [6, 6.07) is 7.53. The van der Waals surface area contributed by atoms with E-state index in [0.29, 0.717) is 22.7 Å². The van der Waals surface area contributed by atoms with Crippen LogP contribution in [0.4, 0.5) is 5.69 Å². The van der Waals surface area contributed by atoms with E-state index in [9.17, 15) is 34.8 Å². The Bertz CT molecular complexity index is 1390. The van der Waals surface area contributed by atoms with Crippen LogP contribution in [0.5, 0.6) is 11.5 Å². The smallest absolute Gasteiger partial charge is 0.309 e. The number of aromatic hydroxyl groups is 2. The van der Waals surface area contributed by atoms with E-state index in [1.54, 1.807) is 12.1 Å². The molecular formula is C27H32BrN5O7. The number of aliphatic hydroxyl groups excluding tert-OH is 1. The zero-order valence-corrected chi connectivity index (χ0v) is 23.8. The molecule has 3 atom stereocenters. The average Bonchev–Trinajstić information content (AvgIpc) is 3.59. The largest absolute Gasteiger partial charge is 0.508 e. The molecule has 12 nitrogen and oxygen atoms in total. The van der Waals surface area contributed by atoms with Crippen LogP contribution >= 0.6 is 15.9 Å². The van der Waals surface area contributed by atoms with Crippen LogP contribution in [0, 0.1) is 5.92 Å². The van der Waals surface area contributed by atoms with Crippen LogP contribution in [0.15, 0.2) is 39.8 Å². The number of hydrogen-bond donors (Lipinski definition) is 8. The van der Waals surface area contributed by atoms with Crippen LogP contribution in [0.2, 0.25) is 0 Å². The van der Waals surface area contributed by atoms with Gasteiger partial charge in [-0.3, -0.25) is 19.4 Å². The number of benzene rings is 2. The van der Waals surface area contributed by atoms with E-state index in [1.165, 1.54) is 18.2 Å². The number of nitrogens with one attached hydrogen (secondary N) is 4. The Labute approximate surface area is 239 Å². The van der Waals surface area contributed by atoms with Crippen LogP contribution in [0.1, 0.15) is 48.7 Å². The van der Waals surface area contributed by atoms with Gasteiger partial charge in [0.25, 0.3) is 5.91 Å². The lowest BCUT2D eigenvalue weighted by Crippen LogP contribution is -2.44. The minimum Gasteiger partial charge on any atom is -0.508 e. The number of halogens is 1. The van der Waals surface area contributed by atoms with Crippen LogP contribution < -0.4 is 21.3 Å². The topological polar surface area (TPSA) is 193 Å². The van der Waals surface area contributed by atoms with Crippen molar-refractivity contribution in [1.29, 1.82) is 0 Å². The van der Waals surface area contributed by atoms with Crippen molar-refractivity contribution in [3.8, 4) is 11.5 Å². The quantitative estimate of drug-likeness (QED) is 0.228. The fraction of sp³-hybridized carbons (Fsp3) is 0.407. The molecule has 0 spiro atoms. The van der Waals surface area contributed by atoms with Crippen molar-refractivity contribution in [3.63, 3.8) is 0 Å². The number of carbonyl (C=O) groups excluding carboxylic acids is 2. The summed E-state index contributed by atoms with van der Waals surface area (Å²) in [4.78, 5) is 41.8. The first-order valence-electron chi connectivity index (χ1n) is 12.6. The molecule has 1 aliphatic carbocycles. The Kier molecular flexibility index (Phi) is 7.99. The zero-order chi connectivity index (χ0) is 29.4. The first kappa shape index (κ1) is 29.2. The number of hydrogen-bond acceptors (Lipinski definition) is 9. The van der Waals surface area contributed by atoms with Crippen molar-refractivity contribution in [1.82, 2.24) is 16.0 Å². The zero-order valence-electron chi connectivity index (χ0n) is 22.2. The summed E-state index contributed by atoms with van der Waals surface area (Å²) in [6.07, 6.45) is -0.526. The lowest BCUT2D eigenvalue weighted by molar-refractivity contribution is -0.139. The van der Waals surface area contributed by atoms with Gasteiger partial charge in [0, 0.05) is 29.4 Å². The molecule has 4 rings (SSSR count). The summed E-state index contributed by atoms with van der Waals surface area (Å²) in [6.45, 7) is 5.96. The summed E-state index contributed by atoms with van der Waals surface area (Å²) in [5.41, 5.74) is -0.106. The molecule has 0 aromatic heterocycles. The molecule has 0 bridgehead atoms. The van der Waals surface area contributed by atoms with Crippen molar-refractivity contribution in [3.05, 3.63) is 51.5 Å². The Morgan fingerprint density at radius 2 is 1.88 bits per heavy atom. The molecule has 40 heavy (non-hydrogen) atoms. The number of carbonyl (C=O) groups is 3. The first-order chi connectivity index (χ1) is 18.7. The van der Waals surface area contributed by atoms with Crippen LogP contribution in [0.3, 0.4) is 0 Å². The Morgan fingerprint density at radius 1 is 1.15 bits per heavy atom. The third-order valence-corrected chi connectivity index (χ3v) is 7.45. The SMILES string of the molecule is CC(C)(C)c1cc(Br)c(O)c([C@@]2(NC(=O)CNC(=O)c3cc(O)cc(NC4=NCC(O)CN4)c3)C[C@H]2C(=O)O)c1. The van der Waals surface area contributed by atoms with E-state index in [2.05, 4.69) is 42.2 Å². The molecule has 0 radical (unpaired) electrons. The molecular weight excluding hydrogens is 586 g/mol. The monoisotopic (exact) mass is 617 g/mol. The van der Waals surface area contributed by atoms with Crippen molar-refractivity contribution in [2.24, 2.45) is 10.9 Å². The van der Waals surface area contributed by atoms with Crippen molar-refractivity contribution in [2.45, 2.75) is 44.2 Å². The number of carboxylic acid groups (broad SMARTS) is 1. The van der Waals surface area contributed by atoms with Crippen molar-refractivity contribution in [2.75, 3.05) is 25.0 Å².